The predicted octanol–water partition coefficient (Wildman–Crippen LogP) is 0.999. The van der Waals surface area contributed by atoms with E-state index < -0.39 is 35.4 Å². The molecule has 0 bridgehead atoms. The van der Waals surface area contributed by atoms with E-state index in [1.54, 1.807) is 0 Å². The van der Waals surface area contributed by atoms with E-state index in [0.717, 1.165) is 4.90 Å². The van der Waals surface area contributed by atoms with E-state index in [9.17, 15) is 18.8 Å². The number of carbonyl (C=O) groups is 3. The summed E-state index contributed by atoms with van der Waals surface area (Å²) in [4.78, 5) is 35.6. The second kappa shape index (κ2) is 4.79. The van der Waals surface area contributed by atoms with Crippen LogP contribution in [0.15, 0.2) is 24.3 Å². The van der Waals surface area contributed by atoms with Gasteiger partial charge < -0.3 is 5.11 Å². The predicted molar refractivity (Wildman–Crippen MR) is 62.7 cm³/mol. The quantitative estimate of drug-likeness (QED) is 0.639. The van der Waals surface area contributed by atoms with Crippen LogP contribution in [0, 0.1) is 11.7 Å². The molecule has 1 aliphatic rings. The number of piperidine rings is 1. The molecule has 0 spiro atoms. The van der Waals surface area contributed by atoms with E-state index in [0.29, 0.717) is 5.56 Å². The van der Waals surface area contributed by atoms with E-state index in [-0.39, 0.29) is 6.42 Å². The van der Waals surface area contributed by atoms with E-state index in [4.69, 9.17) is 5.11 Å². The third kappa shape index (κ3) is 2.33. The van der Waals surface area contributed by atoms with E-state index in [2.05, 4.69) is 0 Å². The van der Waals surface area contributed by atoms with Crippen molar-refractivity contribution in [2.75, 3.05) is 7.05 Å². The number of hydrogen-bond acceptors (Lipinski definition) is 3. The molecule has 1 aromatic rings. The molecule has 0 aromatic heterocycles. The fraction of sp³-hybridized carbons (Fsp3) is 0.308. The highest BCUT2D eigenvalue weighted by molar-refractivity contribution is 6.08. The maximum absolute atomic E-state index is 12.9. The number of carboxylic acids is 1. The highest BCUT2D eigenvalue weighted by atomic mass is 19.1. The van der Waals surface area contributed by atoms with E-state index in [1.807, 2.05) is 0 Å². The zero-order valence-corrected chi connectivity index (χ0v) is 10.2. The van der Waals surface area contributed by atoms with Crippen molar-refractivity contribution in [3.63, 3.8) is 0 Å². The van der Waals surface area contributed by atoms with Gasteiger partial charge in [0.2, 0.25) is 11.8 Å². The Morgan fingerprint density at radius 2 is 1.89 bits per heavy atom. The van der Waals surface area contributed by atoms with Crippen LogP contribution in [-0.4, -0.2) is 34.8 Å². The molecule has 1 heterocycles. The summed E-state index contributed by atoms with van der Waals surface area (Å²) in [6.07, 6.45) is -0.0785. The summed E-state index contributed by atoms with van der Waals surface area (Å²) in [5.74, 6) is -4.97. The SMILES string of the molecule is CN1C(=O)C[C@H](c2ccc(F)cc2)C(C(=O)O)C1=O. The Balaban J connectivity index is 2.41. The van der Waals surface area contributed by atoms with Crippen molar-refractivity contribution in [2.45, 2.75) is 12.3 Å². The lowest BCUT2D eigenvalue weighted by Crippen LogP contribution is -2.48. The number of likely N-dealkylation sites (tertiary alicyclic amines) is 1. The minimum Gasteiger partial charge on any atom is -0.481 e. The molecule has 2 amide bonds. The Hall–Kier alpha value is -2.24. The molecule has 1 fully saturated rings. The number of benzene rings is 1. The second-order valence-electron chi connectivity index (χ2n) is 4.47. The van der Waals surface area contributed by atoms with Gasteiger partial charge in [-0.2, -0.15) is 0 Å². The zero-order chi connectivity index (χ0) is 14.2. The first kappa shape index (κ1) is 13.2. The lowest BCUT2D eigenvalue weighted by atomic mass is 9.79. The summed E-state index contributed by atoms with van der Waals surface area (Å²) in [5, 5.41) is 9.17. The molecule has 6 heteroatoms. The van der Waals surface area contributed by atoms with Crippen LogP contribution in [0.2, 0.25) is 0 Å². The van der Waals surface area contributed by atoms with Crippen molar-refractivity contribution in [1.29, 1.82) is 0 Å². The number of halogens is 1. The number of imide groups is 1. The van der Waals surface area contributed by atoms with Gasteiger partial charge in [0.05, 0.1) is 0 Å². The lowest BCUT2D eigenvalue weighted by molar-refractivity contribution is -0.159. The molecule has 19 heavy (non-hydrogen) atoms. The van der Waals surface area contributed by atoms with Gasteiger partial charge in [-0.1, -0.05) is 12.1 Å². The smallest absolute Gasteiger partial charge is 0.316 e. The van der Waals surface area contributed by atoms with Gasteiger partial charge in [0.15, 0.2) is 0 Å². The molecule has 1 saturated heterocycles. The second-order valence-corrected chi connectivity index (χ2v) is 4.47. The molecule has 2 atom stereocenters. The number of carbonyl (C=O) groups excluding carboxylic acids is 2. The highest BCUT2D eigenvalue weighted by Crippen LogP contribution is 2.34. The number of amides is 2. The number of aliphatic carboxylic acids is 1. The summed E-state index contributed by atoms with van der Waals surface area (Å²) in [6, 6.07) is 5.17. The first-order chi connectivity index (χ1) is 8.91. The van der Waals surface area contributed by atoms with Gasteiger partial charge in [0.1, 0.15) is 11.7 Å². The summed E-state index contributed by atoms with van der Waals surface area (Å²) in [6.45, 7) is 0. The third-order valence-electron chi connectivity index (χ3n) is 3.33. The monoisotopic (exact) mass is 265 g/mol. The summed E-state index contributed by atoms with van der Waals surface area (Å²) in [7, 11) is 1.27. The van der Waals surface area contributed by atoms with Crippen LogP contribution in [0.5, 0.6) is 0 Å². The fourth-order valence-electron chi connectivity index (χ4n) is 2.24. The minimum atomic E-state index is -1.31. The number of carboxylic acid groups (broad SMARTS) is 1. The Morgan fingerprint density at radius 1 is 1.32 bits per heavy atom. The van der Waals surface area contributed by atoms with Crippen LogP contribution in [0.4, 0.5) is 4.39 Å². The van der Waals surface area contributed by atoms with Crippen LogP contribution >= 0.6 is 0 Å². The average Bonchev–Trinajstić information content (AvgIpc) is 2.36. The molecule has 0 aliphatic carbocycles. The van der Waals surface area contributed by atoms with Gasteiger partial charge >= 0.3 is 5.97 Å². The van der Waals surface area contributed by atoms with Crippen molar-refractivity contribution in [3.8, 4) is 0 Å². The minimum absolute atomic E-state index is 0.0785. The fourth-order valence-corrected chi connectivity index (χ4v) is 2.24. The van der Waals surface area contributed by atoms with Gasteiger partial charge in [-0.05, 0) is 17.7 Å². The highest BCUT2D eigenvalue weighted by Gasteiger charge is 2.44. The molecule has 100 valence electrons. The molecule has 1 aliphatic heterocycles. The van der Waals surface area contributed by atoms with Gasteiger partial charge in [-0.15, -0.1) is 0 Å². The molecule has 1 aromatic carbocycles. The lowest BCUT2D eigenvalue weighted by Gasteiger charge is -2.32. The van der Waals surface area contributed by atoms with Crippen LogP contribution < -0.4 is 0 Å². The van der Waals surface area contributed by atoms with Crippen molar-refractivity contribution in [2.24, 2.45) is 5.92 Å². The Kier molecular flexibility index (Phi) is 3.33. The Bertz CT molecular complexity index is 540. The molecular weight excluding hydrogens is 253 g/mol. The Morgan fingerprint density at radius 3 is 2.42 bits per heavy atom. The number of nitrogens with zero attached hydrogens (tertiary/aromatic N) is 1. The van der Waals surface area contributed by atoms with Crippen LogP contribution in [-0.2, 0) is 14.4 Å². The van der Waals surface area contributed by atoms with Crippen LogP contribution in [0.25, 0.3) is 0 Å². The van der Waals surface area contributed by atoms with Crippen molar-refractivity contribution >= 4 is 17.8 Å². The van der Waals surface area contributed by atoms with Crippen molar-refractivity contribution < 1.29 is 23.9 Å². The molecule has 0 saturated carbocycles. The molecule has 1 N–H and O–H groups in total. The van der Waals surface area contributed by atoms with Crippen LogP contribution in [0.3, 0.4) is 0 Å². The molecular formula is C13H12FNO4. The first-order valence-electron chi connectivity index (χ1n) is 5.70. The van der Waals surface area contributed by atoms with E-state index in [1.165, 1.54) is 31.3 Å². The molecule has 1 unspecified atom stereocenters. The van der Waals surface area contributed by atoms with Gasteiger partial charge in [-0.3, -0.25) is 19.3 Å². The van der Waals surface area contributed by atoms with Gasteiger partial charge in [0, 0.05) is 19.4 Å². The summed E-state index contributed by atoms with van der Waals surface area (Å²) >= 11 is 0. The average molecular weight is 265 g/mol. The number of hydrogen-bond donors (Lipinski definition) is 1. The largest absolute Gasteiger partial charge is 0.481 e. The maximum Gasteiger partial charge on any atom is 0.316 e. The third-order valence-corrected chi connectivity index (χ3v) is 3.33. The molecule has 0 radical (unpaired) electrons. The summed E-state index contributed by atoms with van der Waals surface area (Å²) in [5.41, 5.74) is 0.476. The molecule has 5 nitrogen and oxygen atoms in total. The Labute approximate surface area is 108 Å². The van der Waals surface area contributed by atoms with Crippen molar-refractivity contribution in [3.05, 3.63) is 35.6 Å². The normalized spacial score (nSPS) is 23.6. The van der Waals surface area contributed by atoms with Gasteiger partial charge in [-0.25, -0.2) is 4.39 Å². The van der Waals surface area contributed by atoms with Gasteiger partial charge in [0.25, 0.3) is 0 Å². The first-order valence-corrected chi connectivity index (χ1v) is 5.70. The van der Waals surface area contributed by atoms with E-state index >= 15 is 0 Å². The maximum atomic E-state index is 12.9. The summed E-state index contributed by atoms with van der Waals surface area (Å²) < 4.78 is 12.9. The van der Waals surface area contributed by atoms with Crippen LogP contribution in [0.1, 0.15) is 17.9 Å². The topological polar surface area (TPSA) is 74.7 Å². The number of rotatable bonds is 2. The zero-order valence-electron chi connectivity index (χ0n) is 10.2. The standard InChI is InChI=1S/C13H12FNO4/c1-15-10(16)6-9(11(12(15)17)13(18)19)7-2-4-8(14)5-3-7/h2-5,9,11H,6H2,1H3,(H,18,19)/t9-,11?/m1/s1. The molecule has 2 rings (SSSR count). The van der Waals surface area contributed by atoms with Crippen molar-refractivity contribution in [1.82, 2.24) is 4.90 Å².